The molecule has 0 atom stereocenters. The Morgan fingerprint density at radius 2 is 1.96 bits per heavy atom. The van der Waals surface area contributed by atoms with Crippen molar-refractivity contribution in [3.63, 3.8) is 0 Å². The van der Waals surface area contributed by atoms with Crippen molar-refractivity contribution < 1.29 is 9.21 Å². The quantitative estimate of drug-likeness (QED) is 0.633. The lowest BCUT2D eigenvalue weighted by molar-refractivity contribution is -0.130. The van der Waals surface area contributed by atoms with E-state index >= 15 is 0 Å². The normalized spacial score (nSPS) is 15.0. The van der Waals surface area contributed by atoms with Crippen molar-refractivity contribution >= 4 is 11.9 Å². The maximum atomic E-state index is 12.2. The molecule has 0 bridgehead atoms. The Labute approximate surface area is 153 Å². The second-order valence-corrected chi connectivity index (χ2v) is 6.21. The van der Waals surface area contributed by atoms with Gasteiger partial charge in [-0.3, -0.25) is 9.79 Å². The first-order valence-corrected chi connectivity index (χ1v) is 8.98. The van der Waals surface area contributed by atoms with Gasteiger partial charge in [-0.05, 0) is 19.3 Å². The lowest BCUT2D eigenvalue weighted by Crippen LogP contribution is -2.45. The van der Waals surface area contributed by atoms with Gasteiger partial charge in [-0.1, -0.05) is 30.3 Å². The number of aliphatic imine (C=N–C) groups is 1. The van der Waals surface area contributed by atoms with E-state index in [9.17, 15) is 4.79 Å². The molecule has 138 valence electrons. The number of carbonyl (C=O) groups is 1. The summed E-state index contributed by atoms with van der Waals surface area (Å²) in [7, 11) is 1.68. The number of piperidine rings is 1. The van der Waals surface area contributed by atoms with Crippen molar-refractivity contribution in [3.05, 3.63) is 42.4 Å². The average molecular weight is 355 g/mol. The van der Waals surface area contributed by atoms with Crippen LogP contribution in [0.3, 0.4) is 0 Å². The summed E-state index contributed by atoms with van der Waals surface area (Å²) in [6.45, 7) is 2.40. The van der Waals surface area contributed by atoms with Crippen LogP contribution in [0.2, 0.25) is 0 Å². The van der Waals surface area contributed by atoms with Gasteiger partial charge in [0.1, 0.15) is 5.69 Å². The number of nitrogens with one attached hydrogen (secondary N) is 2. The zero-order valence-corrected chi connectivity index (χ0v) is 15.1. The Hall–Kier alpha value is -2.83. The third-order valence-corrected chi connectivity index (χ3v) is 4.44. The molecule has 1 saturated heterocycles. The first-order chi connectivity index (χ1) is 12.8. The molecule has 2 heterocycles. The monoisotopic (exact) mass is 355 g/mol. The average Bonchev–Trinajstić information content (AvgIpc) is 3.18. The predicted molar refractivity (Wildman–Crippen MR) is 101 cm³/mol. The fraction of sp³-hybridized carbons (Fsp3) is 0.421. The molecule has 3 rings (SSSR count). The number of benzene rings is 1. The number of hydrogen-bond acceptors (Lipinski definition) is 4. The Balaban J connectivity index is 1.52. The van der Waals surface area contributed by atoms with E-state index in [0.29, 0.717) is 12.5 Å². The van der Waals surface area contributed by atoms with Gasteiger partial charge in [-0.25, -0.2) is 4.98 Å². The van der Waals surface area contributed by atoms with Crippen LogP contribution in [-0.4, -0.2) is 48.4 Å². The third-order valence-electron chi connectivity index (χ3n) is 4.44. The fourth-order valence-corrected chi connectivity index (χ4v) is 3.02. The second-order valence-electron chi connectivity index (χ2n) is 6.21. The van der Waals surface area contributed by atoms with Crippen LogP contribution in [0.4, 0.5) is 0 Å². The Morgan fingerprint density at radius 1 is 1.19 bits per heavy atom. The number of likely N-dealkylation sites (tertiary alicyclic amines) is 1. The number of hydrogen-bond donors (Lipinski definition) is 2. The van der Waals surface area contributed by atoms with Crippen molar-refractivity contribution in [3.8, 4) is 11.3 Å². The summed E-state index contributed by atoms with van der Waals surface area (Å²) >= 11 is 0. The summed E-state index contributed by atoms with van der Waals surface area (Å²) in [6, 6.07) is 9.84. The van der Waals surface area contributed by atoms with E-state index in [4.69, 9.17) is 4.42 Å². The van der Waals surface area contributed by atoms with Crippen LogP contribution in [0.15, 0.2) is 46.1 Å². The maximum Gasteiger partial charge on any atom is 0.241 e. The number of nitrogens with zero attached hydrogens (tertiary/aromatic N) is 3. The Bertz CT molecular complexity index is 735. The van der Waals surface area contributed by atoms with Crippen molar-refractivity contribution in [1.82, 2.24) is 20.5 Å². The zero-order valence-electron chi connectivity index (χ0n) is 15.1. The molecule has 7 nitrogen and oxygen atoms in total. The highest BCUT2D eigenvalue weighted by atomic mass is 16.3. The lowest BCUT2D eigenvalue weighted by Gasteiger charge is -2.27. The Kier molecular flexibility index (Phi) is 6.24. The third kappa shape index (κ3) is 4.62. The molecule has 0 spiro atoms. The molecule has 0 unspecified atom stereocenters. The molecule has 1 aliphatic heterocycles. The highest BCUT2D eigenvalue weighted by Crippen LogP contribution is 2.22. The summed E-state index contributed by atoms with van der Waals surface area (Å²) in [6.07, 6.45) is 4.83. The Morgan fingerprint density at radius 3 is 2.69 bits per heavy atom. The van der Waals surface area contributed by atoms with Crippen LogP contribution in [0, 0.1) is 0 Å². The van der Waals surface area contributed by atoms with Crippen LogP contribution in [0.1, 0.15) is 25.0 Å². The standard InChI is InChI=1S/C19H25N5O2/c1-20-19(22-13-17(25)24-10-6-3-7-11-24)21-12-16-18(26-14-23-16)15-8-4-2-5-9-15/h2,4-5,8-9,14H,3,6-7,10-13H2,1H3,(H2,20,21,22). The van der Waals surface area contributed by atoms with Gasteiger partial charge in [-0.15, -0.1) is 0 Å². The molecule has 0 aliphatic carbocycles. The minimum absolute atomic E-state index is 0.110. The lowest BCUT2D eigenvalue weighted by atomic mass is 10.1. The van der Waals surface area contributed by atoms with E-state index in [2.05, 4.69) is 20.6 Å². The summed E-state index contributed by atoms with van der Waals surface area (Å²) in [5, 5.41) is 6.26. The number of aromatic nitrogens is 1. The molecular formula is C19H25N5O2. The fourth-order valence-electron chi connectivity index (χ4n) is 3.02. The predicted octanol–water partition coefficient (Wildman–Crippen LogP) is 2.02. The van der Waals surface area contributed by atoms with Gasteiger partial charge in [0.2, 0.25) is 5.91 Å². The molecule has 1 aliphatic rings. The maximum absolute atomic E-state index is 12.2. The van der Waals surface area contributed by atoms with Gasteiger partial charge in [0.15, 0.2) is 18.1 Å². The molecule has 2 aromatic rings. The zero-order chi connectivity index (χ0) is 18.2. The van der Waals surface area contributed by atoms with Gasteiger partial charge in [0.05, 0.1) is 13.1 Å². The molecule has 1 aromatic heterocycles. The highest BCUT2D eigenvalue weighted by Gasteiger charge is 2.16. The number of carbonyl (C=O) groups excluding carboxylic acids is 1. The van der Waals surface area contributed by atoms with Gasteiger partial charge in [0, 0.05) is 25.7 Å². The summed E-state index contributed by atoms with van der Waals surface area (Å²) in [4.78, 5) is 22.6. The first-order valence-electron chi connectivity index (χ1n) is 8.98. The van der Waals surface area contributed by atoms with Gasteiger partial charge >= 0.3 is 0 Å². The molecule has 26 heavy (non-hydrogen) atoms. The number of rotatable bonds is 5. The van der Waals surface area contributed by atoms with E-state index in [1.165, 1.54) is 12.8 Å². The smallest absolute Gasteiger partial charge is 0.241 e. The van der Waals surface area contributed by atoms with Crippen LogP contribution in [0.5, 0.6) is 0 Å². The summed E-state index contributed by atoms with van der Waals surface area (Å²) in [5.41, 5.74) is 1.77. The molecule has 1 fully saturated rings. The van der Waals surface area contributed by atoms with Gasteiger partial charge in [0.25, 0.3) is 0 Å². The summed E-state index contributed by atoms with van der Waals surface area (Å²) < 4.78 is 5.52. The second kappa shape index (κ2) is 9.03. The molecule has 1 aromatic carbocycles. The van der Waals surface area contributed by atoms with Gasteiger partial charge < -0.3 is 20.0 Å². The van der Waals surface area contributed by atoms with Crippen LogP contribution in [0.25, 0.3) is 11.3 Å². The minimum Gasteiger partial charge on any atom is -0.443 e. The van der Waals surface area contributed by atoms with Crippen molar-refractivity contribution in [2.45, 2.75) is 25.8 Å². The van der Waals surface area contributed by atoms with Crippen molar-refractivity contribution in [1.29, 1.82) is 0 Å². The molecule has 0 saturated carbocycles. The number of amides is 1. The first kappa shape index (κ1) is 18.0. The molecule has 7 heteroatoms. The molecule has 1 amide bonds. The van der Waals surface area contributed by atoms with E-state index in [-0.39, 0.29) is 12.5 Å². The number of guanidine groups is 1. The minimum atomic E-state index is 0.110. The van der Waals surface area contributed by atoms with E-state index in [0.717, 1.165) is 42.9 Å². The topological polar surface area (TPSA) is 82.8 Å². The van der Waals surface area contributed by atoms with E-state index < -0.39 is 0 Å². The summed E-state index contributed by atoms with van der Waals surface area (Å²) in [5.74, 6) is 1.41. The van der Waals surface area contributed by atoms with Crippen LogP contribution in [-0.2, 0) is 11.3 Å². The van der Waals surface area contributed by atoms with Crippen molar-refractivity contribution in [2.24, 2.45) is 4.99 Å². The molecule has 0 radical (unpaired) electrons. The largest absolute Gasteiger partial charge is 0.443 e. The number of oxazole rings is 1. The van der Waals surface area contributed by atoms with Crippen LogP contribution < -0.4 is 10.6 Å². The van der Waals surface area contributed by atoms with E-state index in [1.54, 1.807) is 7.05 Å². The molecular weight excluding hydrogens is 330 g/mol. The highest BCUT2D eigenvalue weighted by molar-refractivity contribution is 5.86. The SMILES string of the molecule is CN=C(NCC(=O)N1CCCCC1)NCc1ncoc1-c1ccccc1. The van der Waals surface area contributed by atoms with E-state index in [1.807, 2.05) is 35.2 Å². The van der Waals surface area contributed by atoms with Crippen molar-refractivity contribution in [2.75, 3.05) is 26.7 Å². The van der Waals surface area contributed by atoms with Gasteiger partial charge in [-0.2, -0.15) is 0 Å². The molecule has 2 N–H and O–H groups in total. The van der Waals surface area contributed by atoms with Crippen LogP contribution >= 0.6 is 0 Å².